The summed E-state index contributed by atoms with van der Waals surface area (Å²) >= 11 is 19.3. The zero-order valence-electron chi connectivity index (χ0n) is 11.5. The second kappa shape index (κ2) is 6.97. The Bertz CT molecular complexity index is 849. The van der Waals surface area contributed by atoms with E-state index in [0.29, 0.717) is 30.8 Å². The molecule has 1 fully saturated rings. The highest BCUT2D eigenvalue weighted by atomic mass is 35.5. The molecule has 0 saturated carbocycles. The molecule has 0 bridgehead atoms. The number of amidine groups is 1. The van der Waals surface area contributed by atoms with Crippen molar-refractivity contribution in [2.45, 2.75) is 0 Å². The molecule has 1 aliphatic rings. The summed E-state index contributed by atoms with van der Waals surface area (Å²) < 4.78 is 0. The molecule has 116 valence electrons. The molecule has 0 aromatic heterocycles. The van der Waals surface area contributed by atoms with E-state index in [1.807, 2.05) is 18.2 Å². The molecule has 0 atom stereocenters. The number of nitrogens with one attached hydrogen (secondary N) is 1. The van der Waals surface area contributed by atoms with Gasteiger partial charge in [0, 0.05) is 10.0 Å². The third kappa shape index (κ3) is 3.90. The minimum atomic E-state index is -0.223. The monoisotopic (exact) mass is 382 g/mol. The summed E-state index contributed by atoms with van der Waals surface area (Å²) in [6.07, 6.45) is 1.73. The lowest BCUT2D eigenvalue weighted by Crippen LogP contribution is -2.19. The Morgan fingerprint density at radius 1 is 1.04 bits per heavy atom. The summed E-state index contributed by atoms with van der Waals surface area (Å²) in [4.78, 5) is 16.9. The smallest absolute Gasteiger partial charge is 0.264 e. The molecule has 7 heteroatoms. The second-order valence-electron chi connectivity index (χ2n) is 4.60. The second-order valence-corrected chi connectivity index (χ2v) is 6.88. The average Bonchev–Trinajstić information content (AvgIpc) is 2.84. The molecule has 1 heterocycles. The van der Waals surface area contributed by atoms with Crippen molar-refractivity contribution in [2.24, 2.45) is 4.99 Å². The van der Waals surface area contributed by atoms with Crippen LogP contribution in [0.5, 0.6) is 0 Å². The van der Waals surface area contributed by atoms with Gasteiger partial charge in [0.25, 0.3) is 5.91 Å². The van der Waals surface area contributed by atoms with E-state index in [9.17, 15) is 4.79 Å². The lowest BCUT2D eigenvalue weighted by Gasteiger charge is -2.00. The lowest BCUT2D eigenvalue weighted by atomic mass is 10.2. The SMILES string of the molecule is O=C1NC(=Nc2ccc(Cl)cc2Cl)SC1=Cc1ccccc1Cl. The molecular formula is C16H9Cl3N2OS. The molecule has 0 radical (unpaired) electrons. The van der Waals surface area contributed by atoms with Crippen molar-refractivity contribution in [2.75, 3.05) is 0 Å². The first-order valence-electron chi connectivity index (χ1n) is 6.52. The highest BCUT2D eigenvalue weighted by Gasteiger charge is 2.24. The number of hydrogen-bond donors (Lipinski definition) is 1. The number of nitrogens with zero attached hydrogens (tertiary/aromatic N) is 1. The zero-order chi connectivity index (χ0) is 16.4. The van der Waals surface area contributed by atoms with Gasteiger partial charge in [-0.2, -0.15) is 0 Å². The van der Waals surface area contributed by atoms with Gasteiger partial charge in [-0.15, -0.1) is 0 Å². The Kier molecular flexibility index (Phi) is 4.97. The van der Waals surface area contributed by atoms with Crippen LogP contribution in [0, 0.1) is 0 Å². The molecule has 1 aliphatic heterocycles. The number of carbonyl (C=O) groups excluding carboxylic acids is 1. The van der Waals surface area contributed by atoms with E-state index in [1.165, 1.54) is 11.8 Å². The number of halogens is 3. The third-order valence-corrected chi connectivity index (χ3v) is 4.77. The highest BCUT2D eigenvalue weighted by Crippen LogP contribution is 2.33. The fourth-order valence-electron chi connectivity index (χ4n) is 1.90. The van der Waals surface area contributed by atoms with E-state index in [2.05, 4.69) is 10.3 Å². The largest absolute Gasteiger partial charge is 0.300 e. The first kappa shape index (κ1) is 16.4. The third-order valence-electron chi connectivity index (χ3n) is 2.97. The van der Waals surface area contributed by atoms with Crippen molar-refractivity contribution >= 4 is 69.4 Å². The van der Waals surface area contributed by atoms with Crippen LogP contribution in [0.25, 0.3) is 6.08 Å². The van der Waals surface area contributed by atoms with Crippen LogP contribution in [0.4, 0.5) is 5.69 Å². The Morgan fingerprint density at radius 3 is 2.57 bits per heavy atom. The quantitative estimate of drug-likeness (QED) is 0.692. The molecule has 0 spiro atoms. The highest BCUT2D eigenvalue weighted by molar-refractivity contribution is 8.18. The molecule has 2 aromatic rings. The zero-order valence-corrected chi connectivity index (χ0v) is 14.6. The molecule has 2 aromatic carbocycles. The number of thioether (sulfide) groups is 1. The van der Waals surface area contributed by atoms with Gasteiger partial charge < -0.3 is 5.32 Å². The van der Waals surface area contributed by atoms with Crippen molar-refractivity contribution in [1.82, 2.24) is 5.32 Å². The van der Waals surface area contributed by atoms with Gasteiger partial charge in [0.05, 0.1) is 15.6 Å². The summed E-state index contributed by atoms with van der Waals surface area (Å²) in [5, 5.41) is 4.69. The minimum absolute atomic E-state index is 0.223. The standard InChI is InChI=1S/C16H9Cl3N2OS/c17-10-5-6-13(12(19)8-10)20-16-21-15(22)14(23-16)7-9-3-1-2-4-11(9)18/h1-8H,(H,20,21,22). The van der Waals surface area contributed by atoms with E-state index in [-0.39, 0.29) is 5.91 Å². The summed E-state index contributed by atoms with van der Waals surface area (Å²) in [7, 11) is 0. The number of aliphatic imine (C=N–C) groups is 1. The van der Waals surface area contributed by atoms with Crippen molar-refractivity contribution in [1.29, 1.82) is 0 Å². The van der Waals surface area contributed by atoms with Crippen molar-refractivity contribution < 1.29 is 4.79 Å². The normalized spacial score (nSPS) is 17.8. The Hall–Kier alpha value is -1.46. The average molecular weight is 384 g/mol. The maximum absolute atomic E-state index is 12.1. The molecule has 1 N–H and O–H groups in total. The molecule has 0 aliphatic carbocycles. The van der Waals surface area contributed by atoms with Gasteiger partial charge >= 0.3 is 0 Å². The predicted octanol–water partition coefficient (Wildman–Crippen LogP) is 5.54. The molecule has 23 heavy (non-hydrogen) atoms. The summed E-state index contributed by atoms with van der Waals surface area (Å²) in [5.74, 6) is -0.223. The van der Waals surface area contributed by atoms with Crippen LogP contribution in [-0.4, -0.2) is 11.1 Å². The minimum Gasteiger partial charge on any atom is -0.300 e. The van der Waals surface area contributed by atoms with Gasteiger partial charge in [-0.1, -0.05) is 53.0 Å². The van der Waals surface area contributed by atoms with Crippen molar-refractivity contribution in [3.05, 3.63) is 68.0 Å². The van der Waals surface area contributed by atoms with Gasteiger partial charge in [-0.05, 0) is 47.7 Å². The number of rotatable bonds is 2. The van der Waals surface area contributed by atoms with E-state index in [1.54, 1.807) is 30.3 Å². The van der Waals surface area contributed by atoms with Crippen LogP contribution < -0.4 is 5.32 Å². The number of amides is 1. The first-order valence-corrected chi connectivity index (χ1v) is 8.47. The van der Waals surface area contributed by atoms with Crippen LogP contribution in [0.3, 0.4) is 0 Å². The van der Waals surface area contributed by atoms with Crippen molar-refractivity contribution in [3.63, 3.8) is 0 Å². The van der Waals surface area contributed by atoms with Crippen LogP contribution in [0.1, 0.15) is 5.56 Å². The fraction of sp³-hybridized carbons (Fsp3) is 0. The van der Waals surface area contributed by atoms with Crippen LogP contribution in [0.2, 0.25) is 15.1 Å². The Morgan fingerprint density at radius 2 is 1.83 bits per heavy atom. The molecule has 3 nitrogen and oxygen atoms in total. The van der Waals surface area contributed by atoms with Gasteiger partial charge in [-0.25, -0.2) is 4.99 Å². The first-order chi connectivity index (χ1) is 11.0. The van der Waals surface area contributed by atoms with Gasteiger partial charge in [-0.3, -0.25) is 4.79 Å². The number of hydrogen-bond acceptors (Lipinski definition) is 3. The predicted molar refractivity (Wildman–Crippen MR) is 98.7 cm³/mol. The van der Waals surface area contributed by atoms with E-state index in [0.717, 1.165) is 5.56 Å². The summed E-state index contributed by atoms with van der Waals surface area (Å²) in [6, 6.07) is 12.3. The Balaban J connectivity index is 1.88. The molecule has 3 rings (SSSR count). The molecule has 0 unspecified atom stereocenters. The number of benzene rings is 2. The lowest BCUT2D eigenvalue weighted by molar-refractivity contribution is -0.115. The van der Waals surface area contributed by atoms with E-state index < -0.39 is 0 Å². The van der Waals surface area contributed by atoms with Gasteiger partial charge in [0.1, 0.15) is 0 Å². The maximum Gasteiger partial charge on any atom is 0.264 e. The number of carbonyl (C=O) groups is 1. The molecule has 1 saturated heterocycles. The van der Waals surface area contributed by atoms with Crippen LogP contribution in [-0.2, 0) is 4.79 Å². The molecule has 1 amide bonds. The van der Waals surface area contributed by atoms with E-state index >= 15 is 0 Å². The van der Waals surface area contributed by atoms with Crippen LogP contribution in [0.15, 0.2) is 52.4 Å². The fourth-order valence-corrected chi connectivity index (χ4v) is 3.36. The molecular weight excluding hydrogens is 375 g/mol. The van der Waals surface area contributed by atoms with Crippen molar-refractivity contribution in [3.8, 4) is 0 Å². The topological polar surface area (TPSA) is 41.5 Å². The maximum atomic E-state index is 12.1. The summed E-state index contributed by atoms with van der Waals surface area (Å²) in [6.45, 7) is 0. The summed E-state index contributed by atoms with van der Waals surface area (Å²) in [5.41, 5.74) is 1.32. The van der Waals surface area contributed by atoms with E-state index in [4.69, 9.17) is 34.8 Å². The van der Waals surface area contributed by atoms with Crippen LogP contribution >= 0.6 is 46.6 Å². The Labute approximate surface area is 152 Å². The van der Waals surface area contributed by atoms with Gasteiger partial charge in [0.15, 0.2) is 5.17 Å². The van der Waals surface area contributed by atoms with Gasteiger partial charge in [0.2, 0.25) is 0 Å².